The highest BCUT2D eigenvalue weighted by atomic mass is 16.3. The number of nitrogen functional groups attached to an aromatic ring is 1. The van der Waals surface area contributed by atoms with E-state index in [4.69, 9.17) is 5.73 Å². The van der Waals surface area contributed by atoms with Crippen LogP contribution in [0.5, 0.6) is 5.75 Å². The summed E-state index contributed by atoms with van der Waals surface area (Å²) < 4.78 is 0. The Morgan fingerprint density at radius 1 is 1.27 bits per heavy atom. The maximum Gasteiger partial charge on any atom is 0.222 e. The van der Waals surface area contributed by atoms with E-state index < -0.39 is 0 Å². The number of aromatic nitrogens is 2. The Morgan fingerprint density at radius 3 is 2.67 bits per heavy atom. The van der Waals surface area contributed by atoms with E-state index in [-0.39, 0.29) is 11.7 Å². The second-order valence-corrected chi connectivity index (χ2v) is 3.50. The van der Waals surface area contributed by atoms with E-state index in [1.54, 1.807) is 18.2 Å². The molecule has 1 aromatic heterocycles. The number of anilines is 2. The van der Waals surface area contributed by atoms with Crippen molar-refractivity contribution in [2.24, 2.45) is 0 Å². The molecule has 0 amide bonds. The number of hydrogen-bond donors (Lipinski definition) is 2. The normalized spacial score (nSPS) is 10.5. The average Bonchev–Trinajstić information content (AvgIpc) is 2.15. The van der Waals surface area contributed by atoms with Crippen molar-refractivity contribution in [2.45, 2.75) is 0 Å². The molecule has 0 aliphatic heterocycles. The molecule has 0 spiro atoms. The lowest BCUT2D eigenvalue weighted by Gasteiger charge is -2.14. The first-order valence-electron chi connectivity index (χ1n) is 4.51. The number of benzene rings is 1. The molecule has 5 nitrogen and oxygen atoms in total. The molecule has 2 aromatic rings. The first-order valence-corrected chi connectivity index (χ1v) is 4.51. The molecule has 0 aliphatic carbocycles. The fourth-order valence-electron chi connectivity index (χ4n) is 1.46. The van der Waals surface area contributed by atoms with Gasteiger partial charge in [-0.3, -0.25) is 0 Å². The number of nitrogens with two attached hydrogens (primary N) is 1. The molecule has 1 heterocycles. The summed E-state index contributed by atoms with van der Waals surface area (Å²) >= 11 is 0. The van der Waals surface area contributed by atoms with Gasteiger partial charge in [-0.15, -0.1) is 0 Å². The molecule has 3 N–H and O–H groups in total. The van der Waals surface area contributed by atoms with Crippen LogP contribution < -0.4 is 10.6 Å². The number of hydrogen-bond acceptors (Lipinski definition) is 5. The standard InChI is InChI=1S/C10H12N4O/c1-14(2)9-7-4-3-6(15)5-8(7)12-10(11)13-9/h3-5,15H,1-2H3,(H2,11,12,13). The number of phenolic OH excluding ortho intramolecular Hbond substituents is 1. The van der Waals surface area contributed by atoms with Crippen LogP contribution in [-0.2, 0) is 0 Å². The van der Waals surface area contributed by atoms with E-state index in [1.807, 2.05) is 19.0 Å². The first-order chi connectivity index (χ1) is 7.08. The van der Waals surface area contributed by atoms with Crippen LogP contribution in [0.15, 0.2) is 18.2 Å². The van der Waals surface area contributed by atoms with Crippen molar-refractivity contribution in [2.75, 3.05) is 24.7 Å². The highest BCUT2D eigenvalue weighted by Gasteiger charge is 2.08. The van der Waals surface area contributed by atoms with E-state index in [9.17, 15) is 5.11 Å². The summed E-state index contributed by atoms with van der Waals surface area (Å²) in [5.41, 5.74) is 6.23. The zero-order valence-corrected chi connectivity index (χ0v) is 8.60. The molecule has 5 heteroatoms. The van der Waals surface area contributed by atoms with Gasteiger partial charge in [-0.05, 0) is 12.1 Å². The van der Waals surface area contributed by atoms with E-state index in [2.05, 4.69) is 9.97 Å². The quantitative estimate of drug-likeness (QED) is 0.724. The summed E-state index contributed by atoms with van der Waals surface area (Å²) in [5, 5.41) is 10.2. The van der Waals surface area contributed by atoms with Crippen LogP contribution in [0.1, 0.15) is 0 Å². The van der Waals surface area contributed by atoms with Crippen molar-refractivity contribution in [3.63, 3.8) is 0 Å². The first kappa shape index (κ1) is 9.51. The van der Waals surface area contributed by atoms with Crippen LogP contribution in [-0.4, -0.2) is 29.2 Å². The molecule has 0 saturated carbocycles. The fraction of sp³-hybridized carbons (Fsp3) is 0.200. The zero-order valence-electron chi connectivity index (χ0n) is 8.60. The molecule has 2 rings (SSSR count). The summed E-state index contributed by atoms with van der Waals surface area (Å²) in [4.78, 5) is 10.1. The average molecular weight is 204 g/mol. The monoisotopic (exact) mass is 204 g/mol. The van der Waals surface area contributed by atoms with Crippen molar-refractivity contribution < 1.29 is 5.11 Å². The molecule has 0 saturated heterocycles. The molecule has 78 valence electrons. The van der Waals surface area contributed by atoms with Gasteiger partial charge in [-0.25, -0.2) is 4.98 Å². The summed E-state index contributed by atoms with van der Waals surface area (Å²) in [6, 6.07) is 4.95. The Labute approximate surface area is 87.2 Å². The molecule has 0 atom stereocenters. The van der Waals surface area contributed by atoms with Crippen LogP contribution >= 0.6 is 0 Å². The van der Waals surface area contributed by atoms with Gasteiger partial charge in [0.1, 0.15) is 11.6 Å². The molecule has 15 heavy (non-hydrogen) atoms. The van der Waals surface area contributed by atoms with Gasteiger partial charge in [-0.2, -0.15) is 4.98 Å². The third kappa shape index (κ3) is 1.63. The molecular weight excluding hydrogens is 192 g/mol. The Balaban J connectivity index is 2.80. The Kier molecular flexibility index (Phi) is 2.07. The molecule has 0 unspecified atom stereocenters. The van der Waals surface area contributed by atoms with Crippen molar-refractivity contribution in [3.8, 4) is 5.75 Å². The third-order valence-corrected chi connectivity index (χ3v) is 2.10. The second kappa shape index (κ2) is 3.27. The van der Waals surface area contributed by atoms with Crippen LogP contribution in [0.4, 0.5) is 11.8 Å². The van der Waals surface area contributed by atoms with E-state index in [1.165, 1.54) is 0 Å². The van der Waals surface area contributed by atoms with Crippen molar-refractivity contribution in [1.29, 1.82) is 0 Å². The summed E-state index contributed by atoms with van der Waals surface area (Å²) in [6.45, 7) is 0. The van der Waals surface area contributed by atoms with E-state index in [0.29, 0.717) is 5.52 Å². The Morgan fingerprint density at radius 2 is 2.00 bits per heavy atom. The number of phenols is 1. The van der Waals surface area contributed by atoms with E-state index >= 15 is 0 Å². The smallest absolute Gasteiger partial charge is 0.222 e. The maximum atomic E-state index is 9.34. The van der Waals surface area contributed by atoms with Crippen LogP contribution in [0, 0.1) is 0 Å². The predicted octanol–water partition coefficient (Wildman–Crippen LogP) is 0.984. The van der Waals surface area contributed by atoms with Gasteiger partial charge in [-0.1, -0.05) is 0 Å². The summed E-state index contributed by atoms with van der Waals surface area (Å²) in [7, 11) is 3.77. The van der Waals surface area contributed by atoms with Gasteiger partial charge in [0, 0.05) is 25.5 Å². The number of nitrogens with zero attached hydrogens (tertiary/aromatic N) is 3. The highest BCUT2D eigenvalue weighted by Crippen LogP contribution is 2.25. The lowest BCUT2D eigenvalue weighted by atomic mass is 10.2. The van der Waals surface area contributed by atoms with Gasteiger partial charge in [0.15, 0.2) is 0 Å². The predicted molar refractivity (Wildman–Crippen MR) is 59.9 cm³/mol. The minimum Gasteiger partial charge on any atom is -0.508 e. The maximum absolute atomic E-state index is 9.34. The Bertz CT molecular complexity index is 505. The Hall–Kier alpha value is -2.04. The summed E-state index contributed by atoms with van der Waals surface area (Å²) in [5.74, 6) is 1.12. The van der Waals surface area contributed by atoms with Crippen molar-refractivity contribution in [3.05, 3.63) is 18.2 Å². The van der Waals surface area contributed by atoms with Crippen molar-refractivity contribution >= 4 is 22.7 Å². The molecule has 0 radical (unpaired) electrons. The minimum absolute atomic E-state index is 0.172. The number of fused-ring (bicyclic) bond motifs is 1. The van der Waals surface area contributed by atoms with Gasteiger partial charge < -0.3 is 15.7 Å². The molecule has 1 aromatic carbocycles. The van der Waals surface area contributed by atoms with Crippen LogP contribution in [0.2, 0.25) is 0 Å². The molecule has 0 fully saturated rings. The second-order valence-electron chi connectivity index (χ2n) is 3.50. The van der Waals surface area contributed by atoms with Gasteiger partial charge in [0.05, 0.1) is 5.52 Å². The van der Waals surface area contributed by atoms with Crippen molar-refractivity contribution in [1.82, 2.24) is 9.97 Å². The van der Waals surface area contributed by atoms with Gasteiger partial charge in [0.2, 0.25) is 5.95 Å². The van der Waals surface area contributed by atoms with E-state index in [0.717, 1.165) is 11.2 Å². The number of rotatable bonds is 1. The van der Waals surface area contributed by atoms with Crippen LogP contribution in [0.25, 0.3) is 10.9 Å². The highest BCUT2D eigenvalue weighted by molar-refractivity contribution is 5.91. The summed E-state index contributed by atoms with van der Waals surface area (Å²) in [6.07, 6.45) is 0. The molecule has 0 bridgehead atoms. The third-order valence-electron chi connectivity index (χ3n) is 2.10. The lowest BCUT2D eigenvalue weighted by molar-refractivity contribution is 0.476. The zero-order chi connectivity index (χ0) is 11.0. The number of aromatic hydroxyl groups is 1. The topological polar surface area (TPSA) is 75.3 Å². The van der Waals surface area contributed by atoms with Gasteiger partial charge in [0.25, 0.3) is 0 Å². The minimum atomic E-state index is 0.172. The largest absolute Gasteiger partial charge is 0.508 e. The SMILES string of the molecule is CN(C)c1nc(N)nc2cc(O)ccc12. The van der Waals surface area contributed by atoms with Gasteiger partial charge >= 0.3 is 0 Å². The lowest BCUT2D eigenvalue weighted by Crippen LogP contribution is -2.12. The molecule has 0 aliphatic rings. The molecular formula is C10H12N4O. The fourth-order valence-corrected chi connectivity index (χ4v) is 1.46. The van der Waals surface area contributed by atoms with Crippen LogP contribution in [0.3, 0.4) is 0 Å².